The number of benzene rings is 4. The molecule has 1 aromatic heterocycles. The van der Waals surface area contributed by atoms with Gasteiger partial charge in [0.1, 0.15) is 23.0 Å². The van der Waals surface area contributed by atoms with E-state index >= 15 is 0 Å². The fourth-order valence-corrected chi connectivity index (χ4v) is 4.85. The number of carboxylic acid groups (broad SMARTS) is 1. The lowest BCUT2D eigenvalue weighted by Crippen LogP contribution is -2.02. The van der Waals surface area contributed by atoms with Crippen LogP contribution in [0.2, 0.25) is 0 Å². The fourth-order valence-electron chi connectivity index (χ4n) is 4.85. The predicted octanol–water partition coefficient (Wildman–Crippen LogP) is 5.98. The summed E-state index contributed by atoms with van der Waals surface area (Å²) in [6.45, 7) is 3.54. The zero-order valence-electron chi connectivity index (χ0n) is 24.7. The number of carbonyl (C=O) groups is 2. The van der Waals surface area contributed by atoms with E-state index in [1.54, 1.807) is 55.6 Å². The van der Waals surface area contributed by atoms with Crippen LogP contribution in [-0.2, 0) is 6.42 Å². The van der Waals surface area contributed by atoms with Crippen molar-refractivity contribution in [3.05, 3.63) is 101 Å². The summed E-state index contributed by atoms with van der Waals surface area (Å²) in [4.78, 5) is 26.3. The number of nitrogen functional groups attached to an aromatic ring is 2. The van der Waals surface area contributed by atoms with Crippen LogP contribution in [0.15, 0.2) is 72.8 Å². The van der Waals surface area contributed by atoms with Gasteiger partial charge in [-0.25, -0.2) is 9.78 Å². The van der Waals surface area contributed by atoms with Crippen molar-refractivity contribution in [1.29, 1.82) is 0 Å². The number of rotatable bonds is 4. The van der Waals surface area contributed by atoms with Crippen molar-refractivity contribution in [2.45, 2.75) is 20.3 Å². The van der Waals surface area contributed by atoms with Crippen LogP contribution in [0.25, 0.3) is 22.2 Å². The van der Waals surface area contributed by atoms with E-state index in [1.807, 2.05) is 12.1 Å². The molecule has 4 aromatic carbocycles. The van der Waals surface area contributed by atoms with Crippen LogP contribution < -0.4 is 20.9 Å². The summed E-state index contributed by atoms with van der Waals surface area (Å²) in [7, 11) is 3.02. The molecule has 0 bridgehead atoms. The number of nitrogens with two attached hydrogens (primary N) is 2. The van der Waals surface area contributed by atoms with Gasteiger partial charge in [0, 0.05) is 34.3 Å². The number of nitrogens with zero attached hydrogens (tertiary/aromatic N) is 1. The number of carbonyl (C=O) groups excluding carboxylic acids is 1. The van der Waals surface area contributed by atoms with Crippen molar-refractivity contribution in [1.82, 2.24) is 4.98 Å². The van der Waals surface area contributed by atoms with Gasteiger partial charge in [0.15, 0.2) is 5.78 Å². The maximum Gasteiger partial charge on any atom is 0.337 e. The number of hydrogen-bond acceptors (Lipinski definition) is 9. The normalized spacial score (nSPS) is 10.8. The zero-order chi connectivity index (χ0) is 32.1. The monoisotopic (exact) mass is 595 g/mol. The molecule has 44 heavy (non-hydrogen) atoms. The summed E-state index contributed by atoms with van der Waals surface area (Å²) >= 11 is 0. The Kier molecular flexibility index (Phi) is 9.23. The molecule has 7 N–H and O–H groups in total. The molecular weight excluding hydrogens is 562 g/mol. The first-order chi connectivity index (χ1) is 20.9. The van der Waals surface area contributed by atoms with Gasteiger partial charge in [0.2, 0.25) is 0 Å². The van der Waals surface area contributed by atoms with Crippen molar-refractivity contribution in [3.8, 4) is 34.3 Å². The van der Waals surface area contributed by atoms with Gasteiger partial charge in [-0.2, -0.15) is 0 Å². The number of phenols is 2. The Bertz CT molecular complexity index is 1820. The third-order valence-electron chi connectivity index (χ3n) is 7.20. The largest absolute Gasteiger partial charge is 0.508 e. The minimum absolute atomic E-state index is 0.0496. The zero-order valence-corrected chi connectivity index (χ0v) is 24.7. The smallest absolute Gasteiger partial charge is 0.337 e. The Hall–Kier alpha value is -5.77. The third kappa shape index (κ3) is 6.65. The third-order valence-corrected chi connectivity index (χ3v) is 7.20. The number of aromatic hydroxyl groups is 2. The van der Waals surface area contributed by atoms with E-state index in [4.69, 9.17) is 31.0 Å². The van der Waals surface area contributed by atoms with Gasteiger partial charge < -0.3 is 36.3 Å². The van der Waals surface area contributed by atoms with Crippen molar-refractivity contribution >= 4 is 34.0 Å². The first-order valence-corrected chi connectivity index (χ1v) is 13.5. The van der Waals surface area contributed by atoms with Crippen LogP contribution in [0.3, 0.4) is 0 Å². The number of aromatic carboxylic acids is 1. The molecular formula is C34H33N3O7. The lowest BCUT2D eigenvalue weighted by atomic mass is 10.0. The van der Waals surface area contributed by atoms with E-state index in [9.17, 15) is 19.8 Å². The van der Waals surface area contributed by atoms with Gasteiger partial charge in [0.25, 0.3) is 0 Å². The number of methoxy groups -OCH3 is 2. The van der Waals surface area contributed by atoms with Crippen LogP contribution in [0.1, 0.15) is 44.3 Å². The topological polar surface area (TPSA) is 178 Å². The number of fused-ring (bicyclic) bond motifs is 4. The molecule has 5 aromatic rings. The minimum Gasteiger partial charge on any atom is -0.508 e. The van der Waals surface area contributed by atoms with Gasteiger partial charge in [-0.1, -0.05) is 0 Å². The molecule has 10 heteroatoms. The number of anilines is 2. The highest BCUT2D eigenvalue weighted by Crippen LogP contribution is 2.41. The Balaban J connectivity index is 0.000000161. The number of hydrogen-bond donors (Lipinski definition) is 5. The summed E-state index contributed by atoms with van der Waals surface area (Å²) < 4.78 is 9.79. The average Bonchev–Trinajstić information content (AvgIpc) is 3.36. The van der Waals surface area contributed by atoms with Crippen LogP contribution >= 0.6 is 0 Å². The first-order valence-electron chi connectivity index (χ1n) is 13.5. The van der Waals surface area contributed by atoms with Crippen molar-refractivity contribution < 1.29 is 34.4 Å². The maximum atomic E-state index is 11.0. The predicted molar refractivity (Wildman–Crippen MR) is 170 cm³/mol. The molecule has 0 radical (unpaired) electrons. The molecule has 0 unspecified atom stereocenters. The number of ether oxygens (including phenoxy) is 2. The quantitative estimate of drug-likeness (QED) is 0.120. The van der Waals surface area contributed by atoms with Crippen LogP contribution in [0, 0.1) is 6.92 Å². The molecule has 0 fully saturated rings. The lowest BCUT2D eigenvalue weighted by molar-refractivity contribution is 0.0697. The minimum atomic E-state index is -1.05. The molecule has 10 nitrogen and oxygen atoms in total. The molecule has 0 aliphatic heterocycles. The number of phenolic OH excluding ortho intramolecular Hbond substituents is 2. The van der Waals surface area contributed by atoms with Gasteiger partial charge >= 0.3 is 5.97 Å². The maximum absolute atomic E-state index is 11.0. The van der Waals surface area contributed by atoms with Crippen molar-refractivity contribution in [3.63, 3.8) is 0 Å². The molecule has 1 heterocycles. The highest BCUT2D eigenvalue weighted by Gasteiger charge is 2.23. The number of Topliss-reactive ketones (excluding diaryl/α,β-unsaturated/α-hetero) is 1. The molecule has 0 saturated heterocycles. The van der Waals surface area contributed by atoms with E-state index in [0.717, 1.165) is 39.7 Å². The van der Waals surface area contributed by atoms with Crippen LogP contribution in [0.4, 0.5) is 11.4 Å². The lowest BCUT2D eigenvalue weighted by Gasteiger charge is -2.08. The Morgan fingerprint density at radius 1 is 0.795 bits per heavy atom. The Morgan fingerprint density at radius 2 is 1.36 bits per heavy atom. The van der Waals surface area contributed by atoms with E-state index in [1.165, 1.54) is 31.7 Å². The highest BCUT2D eigenvalue weighted by atomic mass is 16.5. The first kappa shape index (κ1) is 31.2. The molecule has 6 rings (SSSR count). The summed E-state index contributed by atoms with van der Waals surface area (Å²) in [5.41, 5.74) is 18.7. The summed E-state index contributed by atoms with van der Waals surface area (Å²) in [6, 6.07) is 20.2. The molecule has 0 saturated carbocycles. The summed E-state index contributed by atoms with van der Waals surface area (Å²) in [5, 5.41) is 28.9. The SMILES string of the molecule is COc1ccc(N)c(C(=O)O)c1.COc1ccc(N)c(C(C)=O)c1.Cc1c2c(nc3ccc(O)cc13)-c1ccc(O)cc1C2. The second-order valence-corrected chi connectivity index (χ2v) is 10.1. The molecule has 1 aliphatic rings. The number of aromatic nitrogens is 1. The number of pyridine rings is 1. The van der Waals surface area contributed by atoms with Crippen molar-refractivity contribution in [2.75, 3.05) is 25.7 Å². The second-order valence-electron chi connectivity index (χ2n) is 10.1. The molecule has 0 atom stereocenters. The van der Waals surface area contributed by atoms with Gasteiger partial charge in [-0.05, 0) is 103 Å². The summed E-state index contributed by atoms with van der Waals surface area (Å²) in [5.74, 6) is 0.584. The molecule has 226 valence electrons. The van der Waals surface area contributed by atoms with Crippen molar-refractivity contribution in [2.24, 2.45) is 0 Å². The van der Waals surface area contributed by atoms with E-state index < -0.39 is 5.97 Å². The van der Waals surface area contributed by atoms with Gasteiger partial charge in [0.05, 0.1) is 31.0 Å². The van der Waals surface area contributed by atoms with E-state index in [0.29, 0.717) is 22.7 Å². The van der Waals surface area contributed by atoms with Crippen LogP contribution in [-0.4, -0.2) is 46.3 Å². The highest BCUT2D eigenvalue weighted by molar-refractivity contribution is 5.99. The molecule has 1 aliphatic carbocycles. The van der Waals surface area contributed by atoms with Gasteiger partial charge in [-0.3, -0.25) is 4.79 Å². The molecule has 0 spiro atoms. The standard InChI is InChI=1S/C17H13NO2.C9H11NO2.C8H9NO3/c1-9-14-8-12(20)3-5-16(14)18-17-13-4-2-11(19)6-10(13)7-15(9)17;1-6(11)8-5-7(12-2)3-4-9(8)10;1-12-5-2-3-7(9)6(4-5)8(10)11/h2-6,8,19-20H,7H2,1H3;3-5H,10H2,1-2H3;2-4H,9H2,1H3,(H,10,11). The van der Waals surface area contributed by atoms with Crippen LogP contribution in [0.5, 0.6) is 23.0 Å². The summed E-state index contributed by atoms with van der Waals surface area (Å²) in [6.07, 6.45) is 0.781. The number of aryl methyl sites for hydroxylation is 1. The second kappa shape index (κ2) is 13.0. The fraction of sp³-hybridized carbons (Fsp3) is 0.147. The Labute approximate surface area is 254 Å². The Morgan fingerprint density at radius 3 is 1.95 bits per heavy atom. The van der Waals surface area contributed by atoms with E-state index in [-0.39, 0.29) is 28.5 Å². The molecule has 0 amide bonds. The van der Waals surface area contributed by atoms with E-state index in [2.05, 4.69) is 6.92 Å². The average molecular weight is 596 g/mol. The van der Waals surface area contributed by atoms with Gasteiger partial charge in [-0.15, -0.1) is 0 Å². The number of carboxylic acids is 1. The number of ketones is 1.